The van der Waals surface area contributed by atoms with Crippen LogP contribution in [0, 0.1) is 5.41 Å². The average Bonchev–Trinajstić information content (AvgIpc) is 2.53. The molecule has 3 heteroatoms. The van der Waals surface area contributed by atoms with Gasteiger partial charge in [0.2, 0.25) is 5.78 Å². The number of ether oxygens (including phenoxy) is 1. The van der Waals surface area contributed by atoms with Gasteiger partial charge in [-0.1, -0.05) is 20.8 Å². The van der Waals surface area contributed by atoms with Crippen LogP contribution in [0.1, 0.15) is 31.3 Å². The van der Waals surface area contributed by atoms with Crippen molar-refractivity contribution in [3.05, 3.63) is 24.2 Å². The molecule has 1 unspecified atom stereocenters. The molecule has 0 aromatic carbocycles. The van der Waals surface area contributed by atoms with Gasteiger partial charge in [0, 0.05) is 7.11 Å². The highest BCUT2D eigenvalue weighted by Gasteiger charge is 2.33. The molecule has 0 saturated carbocycles. The quantitative estimate of drug-likeness (QED) is 0.697. The lowest BCUT2D eigenvalue weighted by Gasteiger charge is -2.27. The number of furan rings is 1. The fourth-order valence-electron chi connectivity index (χ4n) is 1.40. The molecule has 0 aliphatic carbocycles. The average molecular weight is 196 g/mol. The summed E-state index contributed by atoms with van der Waals surface area (Å²) in [5, 5.41) is 0. The number of carbonyl (C=O) groups excluding carboxylic acids is 1. The highest BCUT2D eigenvalue weighted by atomic mass is 16.5. The summed E-state index contributed by atoms with van der Waals surface area (Å²) in [7, 11) is 1.54. The Kier molecular flexibility index (Phi) is 3.11. The van der Waals surface area contributed by atoms with Gasteiger partial charge >= 0.3 is 0 Å². The van der Waals surface area contributed by atoms with Crippen LogP contribution in [0.15, 0.2) is 22.8 Å². The maximum Gasteiger partial charge on any atom is 0.227 e. The van der Waals surface area contributed by atoms with Gasteiger partial charge in [-0.25, -0.2) is 0 Å². The molecule has 1 atom stereocenters. The summed E-state index contributed by atoms with van der Waals surface area (Å²) in [6.07, 6.45) is 1.02. The highest BCUT2D eigenvalue weighted by molar-refractivity contribution is 5.97. The van der Waals surface area contributed by atoms with Crippen molar-refractivity contribution < 1.29 is 13.9 Å². The van der Waals surface area contributed by atoms with Gasteiger partial charge in [0.05, 0.1) is 6.26 Å². The van der Waals surface area contributed by atoms with Gasteiger partial charge in [-0.2, -0.15) is 0 Å². The van der Waals surface area contributed by atoms with E-state index in [0.717, 1.165) is 0 Å². The molecule has 1 heterocycles. The second-order valence-corrected chi connectivity index (χ2v) is 4.32. The van der Waals surface area contributed by atoms with E-state index in [-0.39, 0.29) is 11.2 Å². The number of hydrogen-bond acceptors (Lipinski definition) is 3. The Balaban J connectivity index is 2.87. The van der Waals surface area contributed by atoms with Gasteiger partial charge in [-0.3, -0.25) is 4.79 Å². The molecular weight excluding hydrogens is 180 g/mol. The molecule has 0 bridgehead atoms. The Bertz CT molecular complexity index is 293. The number of methoxy groups -OCH3 is 1. The number of hydrogen-bond donors (Lipinski definition) is 0. The Hall–Kier alpha value is -1.09. The summed E-state index contributed by atoms with van der Waals surface area (Å²) in [5.74, 6) is 0.247. The lowest BCUT2D eigenvalue weighted by molar-refractivity contribution is 0.0174. The van der Waals surface area contributed by atoms with Crippen molar-refractivity contribution in [1.82, 2.24) is 0 Å². The van der Waals surface area contributed by atoms with Crippen LogP contribution in [0.5, 0.6) is 0 Å². The van der Waals surface area contributed by atoms with Crippen LogP contribution >= 0.6 is 0 Å². The Morgan fingerprint density at radius 3 is 2.50 bits per heavy atom. The van der Waals surface area contributed by atoms with E-state index in [1.807, 2.05) is 20.8 Å². The zero-order chi connectivity index (χ0) is 10.8. The first-order chi connectivity index (χ1) is 6.46. The monoisotopic (exact) mass is 196 g/mol. The SMILES string of the molecule is COC(C(=O)c1ccco1)C(C)(C)C. The molecule has 1 rings (SSSR count). The van der Waals surface area contributed by atoms with E-state index in [1.165, 1.54) is 13.4 Å². The van der Waals surface area contributed by atoms with Crippen LogP contribution in [-0.4, -0.2) is 19.0 Å². The van der Waals surface area contributed by atoms with Crippen molar-refractivity contribution in [2.24, 2.45) is 5.41 Å². The summed E-state index contributed by atoms with van der Waals surface area (Å²) in [4.78, 5) is 11.9. The largest absolute Gasteiger partial charge is 0.461 e. The third-order valence-electron chi connectivity index (χ3n) is 2.02. The van der Waals surface area contributed by atoms with Crippen LogP contribution in [0.25, 0.3) is 0 Å². The first-order valence-corrected chi connectivity index (χ1v) is 4.57. The van der Waals surface area contributed by atoms with Crippen molar-refractivity contribution in [3.63, 3.8) is 0 Å². The molecule has 1 aromatic rings. The second kappa shape index (κ2) is 3.96. The third-order valence-corrected chi connectivity index (χ3v) is 2.02. The standard InChI is InChI=1S/C11H16O3/c1-11(2,3)10(13-4)9(12)8-6-5-7-14-8/h5-7,10H,1-4H3. The molecule has 0 amide bonds. The van der Waals surface area contributed by atoms with E-state index in [4.69, 9.17) is 9.15 Å². The minimum atomic E-state index is -0.464. The molecule has 3 nitrogen and oxygen atoms in total. The summed E-state index contributed by atoms with van der Waals surface area (Å²) in [6, 6.07) is 3.35. The van der Waals surface area contributed by atoms with Crippen LogP contribution < -0.4 is 0 Å². The topological polar surface area (TPSA) is 39.4 Å². The van der Waals surface area contributed by atoms with Crippen molar-refractivity contribution in [1.29, 1.82) is 0 Å². The van der Waals surface area contributed by atoms with Crippen molar-refractivity contribution in [2.45, 2.75) is 26.9 Å². The maximum absolute atomic E-state index is 11.9. The van der Waals surface area contributed by atoms with Gasteiger partial charge < -0.3 is 9.15 Å². The molecule has 0 fully saturated rings. The fourth-order valence-corrected chi connectivity index (χ4v) is 1.40. The Morgan fingerprint density at radius 2 is 2.14 bits per heavy atom. The molecule has 14 heavy (non-hydrogen) atoms. The zero-order valence-electron chi connectivity index (χ0n) is 9.03. The first kappa shape index (κ1) is 11.0. The molecule has 0 N–H and O–H groups in total. The van der Waals surface area contributed by atoms with Crippen LogP contribution in [0.2, 0.25) is 0 Å². The van der Waals surface area contributed by atoms with Crippen molar-refractivity contribution in [3.8, 4) is 0 Å². The first-order valence-electron chi connectivity index (χ1n) is 4.57. The van der Waals surface area contributed by atoms with E-state index < -0.39 is 6.10 Å². The maximum atomic E-state index is 11.9. The third kappa shape index (κ3) is 2.23. The molecule has 0 aliphatic rings. The van der Waals surface area contributed by atoms with Gasteiger partial charge in [-0.05, 0) is 17.5 Å². The Morgan fingerprint density at radius 1 is 1.50 bits per heavy atom. The number of carbonyl (C=O) groups is 1. The highest BCUT2D eigenvalue weighted by Crippen LogP contribution is 2.25. The molecule has 0 saturated heterocycles. The van der Waals surface area contributed by atoms with Crippen LogP contribution in [0.4, 0.5) is 0 Å². The second-order valence-electron chi connectivity index (χ2n) is 4.32. The lowest BCUT2D eigenvalue weighted by atomic mass is 9.86. The fraction of sp³-hybridized carbons (Fsp3) is 0.545. The van der Waals surface area contributed by atoms with Gasteiger partial charge in [0.1, 0.15) is 6.10 Å². The van der Waals surface area contributed by atoms with Crippen molar-refractivity contribution in [2.75, 3.05) is 7.11 Å². The Labute approximate surface area is 84.1 Å². The minimum Gasteiger partial charge on any atom is -0.461 e. The van der Waals surface area contributed by atoms with E-state index >= 15 is 0 Å². The van der Waals surface area contributed by atoms with E-state index in [9.17, 15) is 4.79 Å². The van der Waals surface area contributed by atoms with Gasteiger partial charge in [-0.15, -0.1) is 0 Å². The van der Waals surface area contributed by atoms with Gasteiger partial charge in [0.15, 0.2) is 5.76 Å². The number of Topliss-reactive ketones (excluding diaryl/α,β-unsaturated/α-hetero) is 1. The van der Waals surface area contributed by atoms with Crippen LogP contribution in [0.3, 0.4) is 0 Å². The summed E-state index contributed by atoms with van der Waals surface area (Å²) >= 11 is 0. The summed E-state index contributed by atoms with van der Waals surface area (Å²) in [5.41, 5.74) is -0.224. The molecule has 0 radical (unpaired) electrons. The number of ketones is 1. The zero-order valence-corrected chi connectivity index (χ0v) is 9.03. The predicted molar refractivity (Wildman–Crippen MR) is 53.3 cm³/mol. The van der Waals surface area contributed by atoms with Crippen molar-refractivity contribution >= 4 is 5.78 Å². The van der Waals surface area contributed by atoms with Crippen LogP contribution in [-0.2, 0) is 4.74 Å². The normalized spacial score (nSPS) is 14.0. The minimum absolute atomic E-state index is 0.106. The lowest BCUT2D eigenvalue weighted by Crippen LogP contribution is -2.36. The van der Waals surface area contributed by atoms with E-state index in [1.54, 1.807) is 12.1 Å². The van der Waals surface area contributed by atoms with E-state index in [0.29, 0.717) is 5.76 Å². The summed E-state index contributed by atoms with van der Waals surface area (Å²) < 4.78 is 10.2. The molecule has 0 spiro atoms. The molecule has 78 valence electrons. The van der Waals surface area contributed by atoms with Gasteiger partial charge in [0.25, 0.3) is 0 Å². The smallest absolute Gasteiger partial charge is 0.227 e. The summed E-state index contributed by atoms with van der Waals surface area (Å²) in [6.45, 7) is 5.88. The van der Waals surface area contributed by atoms with E-state index in [2.05, 4.69) is 0 Å². The molecule has 1 aromatic heterocycles. The predicted octanol–water partition coefficient (Wildman–Crippen LogP) is 2.52. The number of rotatable bonds is 3. The molecule has 0 aliphatic heterocycles. The molecular formula is C11H16O3.